The van der Waals surface area contributed by atoms with Gasteiger partial charge in [0, 0.05) is 11.3 Å². The number of nitrogens with zero attached hydrogens (tertiary/aromatic N) is 1. The average Bonchev–Trinajstić information content (AvgIpc) is 2.86. The number of halogens is 1. The monoisotopic (exact) mass is 455 g/mol. The molecule has 0 heterocycles. The Kier molecular flexibility index (Phi) is 6.69. The van der Waals surface area contributed by atoms with E-state index in [4.69, 9.17) is 4.74 Å². The number of anilines is 1. The maximum Gasteiger partial charge on any atom is 0.343 e. The van der Waals surface area contributed by atoms with Crippen molar-refractivity contribution < 1.29 is 23.5 Å². The molecule has 0 bridgehead atoms. The molecule has 0 atom stereocenters. The second-order valence-electron chi connectivity index (χ2n) is 7.11. The largest absolute Gasteiger partial charge is 0.422 e. The standard InChI is InChI=1S/C26H18FN3O4/c27-19-11-13-20(14-12-19)29-24(31)25(32)30-28-16-22-21-9-5-4-6-17(21)10-15-23(22)34-26(33)18-7-2-1-3-8-18/h1-16H,(H,29,31)(H,30,32). The van der Waals surface area contributed by atoms with Crippen LogP contribution in [0.15, 0.2) is 96.1 Å². The predicted octanol–water partition coefficient (Wildman–Crippen LogP) is 4.29. The van der Waals surface area contributed by atoms with Gasteiger partial charge in [-0.2, -0.15) is 5.10 Å². The van der Waals surface area contributed by atoms with Gasteiger partial charge in [-0.05, 0) is 53.2 Å². The molecule has 0 aliphatic rings. The van der Waals surface area contributed by atoms with Gasteiger partial charge in [-0.3, -0.25) is 9.59 Å². The van der Waals surface area contributed by atoms with E-state index in [-0.39, 0.29) is 11.4 Å². The number of rotatable bonds is 5. The zero-order valence-corrected chi connectivity index (χ0v) is 17.7. The van der Waals surface area contributed by atoms with Gasteiger partial charge in [0.15, 0.2) is 0 Å². The molecule has 0 spiro atoms. The summed E-state index contributed by atoms with van der Waals surface area (Å²) < 4.78 is 18.6. The first-order valence-electron chi connectivity index (χ1n) is 10.2. The zero-order chi connectivity index (χ0) is 23.9. The molecule has 0 aromatic heterocycles. The Labute approximate surface area is 193 Å². The van der Waals surface area contributed by atoms with Gasteiger partial charge in [0.1, 0.15) is 11.6 Å². The van der Waals surface area contributed by atoms with Crippen molar-refractivity contribution in [2.24, 2.45) is 5.10 Å². The van der Waals surface area contributed by atoms with E-state index in [0.717, 1.165) is 22.9 Å². The molecule has 4 rings (SSSR count). The summed E-state index contributed by atoms with van der Waals surface area (Å²) >= 11 is 0. The minimum atomic E-state index is -1.02. The van der Waals surface area contributed by atoms with Gasteiger partial charge < -0.3 is 10.1 Å². The van der Waals surface area contributed by atoms with Gasteiger partial charge >= 0.3 is 17.8 Å². The fourth-order valence-corrected chi connectivity index (χ4v) is 3.16. The third-order valence-corrected chi connectivity index (χ3v) is 4.81. The molecule has 168 valence electrons. The van der Waals surface area contributed by atoms with Crippen LogP contribution in [0.25, 0.3) is 10.8 Å². The molecule has 0 aliphatic carbocycles. The minimum Gasteiger partial charge on any atom is -0.422 e. The van der Waals surface area contributed by atoms with E-state index in [1.54, 1.807) is 42.5 Å². The normalized spacial score (nSPS) is 10.7. The third-order valence-electron chi connectivity index (χ3n) is 4.81. The lowest BCUT2D eigenvalue weighted by molar-refractivity contribution is -0.136. The number of hydrogen-bond donors (Lipinski definition) is 2. The van der Waals surface area contributed by atoms with E-state index < -0.39 is 23.6 Å². The molecule has 0 aliphatic heterocycles. The van der Waals surface area contributed by atoms with Crippen LogP contribution < -0.4 is 15.5 Å². The van der Waals surface area contributed by atoms with Crippen LogP contribution >= 0.6 is 0 Å². The molecule has 7 nitrogen and oxygen atoms in total. The summed E-state index contributed by atoms with van der Waals surface area (Å²) in [7, 11) is 0. The maximum atomic E-state index is 13.0. The number of carbonyl (C=O) groups is 3. The summed E-state index contributed by atoms with van der Waals surface area (Å²) in [4.78, 5) is 36.7. The Morgan fingerprint density at radius 3 is 2.26 bits per heavy atom. The number of benzene rings is 4. The lowest BCUT2D eigenvalue weighted by atomic mass is 10.0. The Morgan fingerprint density at radius 1 is 0.794 bits per heavy atom. The fraction of sp³-hybridized carbons (Fsp3) is 0. The molecular formula is C26H18FN3O4. The van der Waals surface area contributed by atoms with Crippen molar-refractivity contribution in [3.05, 3.63) is 108 Å². The first-order valence-corrected chi connectivity index (χ1v) is 10.2. The molecule has 0 unspecified atom stereocenters. The number of ether oxygens (including phenoxy) is 1. The summed E-state index contributed by atoms with van der Waals surface area (Å²) in [5.41, 5.74) is 3.23. The van der Waals surface area contributed by atoms with Gasteiger partial charge in [-0.1, -0.05) is 48.5 Å². The van der Waals surface area contributed by atoms with E-state index in [9.17, 15) is 18.8 Å². The van der Waals surface area contributed by atoms with Crippen LogP contribution in [0.5, 0.6) is 5.75 Å². The molecule has 2 amide bonds. The van der Waals surface area contributed by atoms with Crippen LogP contribution in [0, 0.1) is 5.82 Å². The molecule has 4 aromatic rings. The molecule has 2 N–H and O–H groups in total. The highest BCUT2D eigenvalue weighted by Gasteiger charge is 2.15. The molecule has 0 radical (unpaired) electrons. The number of nitrogens with one attached hydrogen (secondary N) is 2. The van der Waals surface area contributed by atoms with Crippen molar-refractivity contribution in [1.82, 2.24) is 5.43 Å². The van der Waals surface area contributed by atoms with E-state index >= 15 is 0 Å². The third kappa shape index (κ3) is 5.31. The summed E-state index contributed by atoms with van der Waals surface area (Å²) in [5, 5.41) is 7.81. The lowest BCUT2D eigenvalue weighted by Crippen LogP contribution is -2.32. The quantitative estimate of drug-likeness (QED) is 0.154. The van der Waals surface area contributed by atoms with Crippen molar-refractivity contribution in [3.63, 3.8) is 0 Å². The van der Waals surface area contributed by atoms with Crippen LogP contribution in [0.4, 0.5) is 10.1 Å². The number of hydrogen-bond acceptors (Lipinski definition) is 5. The van der Waals surface area contributed by atoms with Gasteiger partial charge in [0.05, 0.1) is 11.8 Å². The molecule has 8 heteroatoms. The first kappa shape index (κ1) is 22.3. The second kappa shape index (κ2) is 10.2. The van der Waals surface area contributed by atoms with Crippen molar-refractivity contribution in [2.45, 2.75) is 0 Å². The Bertz CT molecular complexity index is 1390. The van der Waals surface area contributed by atoms with Crippen LogP contribution in [0.1, 0.15) is 15.9 Å². The summed E-state index contributed by atoms with van der Waals surface area (Å²) in [5.74, 6) is -2.78. The lowest BCUT2D eigenvalue weighted by Gasteiger charge is -2.10. The second-order valence-corrected chi connectivity index (χ2v) is 7.11. The van der Waals surface area contributed by atoms with Crippen LogP contribution in [0.2, 0.25) is 0 Å². The fourth-order valence-electron chi connectivity index (χ4n) is 3.16. The Balaban J connectivity index is 1.53. The van der Waals surface area contributed by atoms with Crippen LogP contribution in [0.3, 0.4) is 0 Å². The topological polar surface area (TPSA) is 96.9 Å². The first-order chi connectivity index (χ1) is 16.5. The molecule has 34 heavy (non-hydrogen) atoms. The summed E-state index contributed by atoms with van der Waals surface area (Å²) in [6.45, 7) is 0. The highest BCUT2D eigenvalue weighted by molar-refractivity contribution is 6.39. The van der Waals surface area contributed by atoms with E-state index in [2.05, 4.69) is 15.8 Å². The molecule has 0 saturated heterocycles. The van der Waals surface area contributed by atoms with Crippen molar-refractivity contribution in [3.8, 4) is 5.75 Å². The highest BCUT2D eigenvalue weighted by Crippen LogP contribution is 2.27. The number of hydrazone groups is 1. The highest BCUT2D eigenvalue weighted by atomic mass is 19.1. The zero-order valence-electron chi connectivity index (χ0n) is 17.7. The molecule has 4 aromatic carbocycles. The van der Waals surface area contributed by atoms with Crippen molar-refractivity contribution in [2.75, 3.05) is 5.32 Å². The van der Waals surface area contributed by atoms with E-state index in [0.29, 0.717) is 11.1 Å². The molecule has 0 fully saturated rings. The summed E-state index contributed by atoms with van der Waals surface area (Å²) in [6.07, 6.45) is 1.30. The maximum absolute atomic E-state index is 13.0. The van der Waals surface area contributed by atoms with Crippen LogP contribution in [-0.4, -0.2) is 24.0 Å². The molecule has 0 saturated carbocycles. The van der Waals surface area contributed by atoms with Gasteiger partial charge in [0.25, 0.3) is 0 Å². The number of amides is 2. The molecular weight excluding hydrogens is 437 g/mol. The minimum absolute atomic E-state index is 0.237. The predicted molar refractivity (Wildman–Crippen MR) is 126 cm³/mol. The van der Waals surface area contributed by atoms with Crippen molar-refractivity contribution in [1.29, 1.82) is 0 Å². The van der Waals surface area contributed by atoms with Gasteiger partial charge in [0.2, 0.25) is 0 Å². The average molecular weight is 455 g/mol. The van der Waals surface area contributed by atoms with Gasteiger partial charge in [-0.15, -0.1) is 0 Å². The van der Waals surface area contributed by atoms with Gasteiger partial charge in [-0.25, -0.2) is 14.6 Å². The number of carbonyl (C=O) groups excluding carboxylic acids is 3. The number of esters is 1. The van der Waals surface area contributed by atoms with Crippen LogP contribution in [-0.2, 0) is 9.59 Å². The van der Waals surface area contributed by atoms with E-state index in [1.165, 1.54) is 18.3 Å². The SMILES string of the molecule is O=C(NN=Cc1c(OC(=O)c2ccccc2)ccc2ccccc12)C(=O)Nc1ccc(F)cc1. The Hall–Kier alpha value is -4.85. The smallest absolute Gasteiger partial charge is 0.343 e. The van der Waals surface area contributed by atoms with E-state index in [1.807, 2.05) is 24.3 Å². The Morgan fingerprint density at radius 2 is 1.50 bits per heavy atom. The van der Waals surface area contributed by atoms with Crippen molar-refractivity contribution >= 4 is 40.5 Å². The summed E-state index contributed by atoms with van der Waals surface area (Å²) in [6, 6.07) is 24.3. The number of fused-ring (bicyclic) bond motifs is 1.